The highest BCUT2D eigenvalue weighted by atomic mass is 16.3. The molecule has 0 aliphatic carbocycles. The molecule has 2 nitrogen and oxygen atoms in total. The Hall–Kier alpha value is -0.0800. The van der Waals surface area contributed by atoms with Crippen molar-refractivity contribution in [1.29, 1.82) is 0 Å². The molecule has 2 unspecified atom stereocenters. The molecule has 0 aromatic heterocycles. The van der Waals surface area contributed by atoms with E-state index in [-0.39, 0.29) is 0 Å². The van der Waals surface area contributed by atoms with Crippen LogP contribution in [0.3, 0.4) is 0 Å². The minimum atomic E-state index is -0.504. The molecule has 2 N–H and O–H groups in total. The van der Waals surface area contributed by atoms with Gasteiger partial charge in [0.1, 0.15) is 0 Å². The summed E-state index contributed by atoms with van der Waals surface area (Å²) in [6, 6.07) is 0. The van der Waals surface area contributed by atoms with E-state index in [4.69, 9.17) is 0 Å². The SMILES string of the molecule is CCCCCCCCCC(O)C(O)CCCCCCCCC. The summed E-state index contributed by atoms with van der Waals surface area (Å²) in [7, 11) is 0. The molecule has 2 atom stereocenters. The molecule has 0 spiro atoms. The first-order chi connectivity index (χ1) is 10.7. The van der Waals surface area contributed by atoms with Crippen LogP contribution in [0.1, 0.15) is 117 Å². The Bertz CT molecular complexity index is 184. The number of unbranched alkanes of at least 4 members (excludes halogenated alkanes) is 12. The molecular weight excluding hydrogens is 272 g/mol. The maximum absolute atomic E-state index is 9.98. The van der Waals surface area contributed by atoms with E-state index in [1.54, 1.807) is 0 Å². The lowest BCUT2D eigenvalue weighted by molar-refractivity contribution is 0.00712. The number of aliphatic hydroxyl groups is 2. The molecule has 0 aromatic carbocycles. The van der Waals surface area contributed by atoms with Gasteiger partial charge in [0.25, 0.3) is 0 Å². The predicted octanol–water partition coefficient (Wildman–Crippen LogP) is 5.99. The average Bonchev–Trinajstić information content (AvgIpc) is 2.52. The lowest BCUT2D eigenvalue weighted by Crippen LogP contribution is -2.25. The van der Waals surface area contributed by atoms with Crippen LogP contribution in [-0.4, -0.2) is 22.4 Å². The topological polar surface area (TPSA) is 40.5 Å². The minimum absolute atomic E-state index is 0.504. The summed E-state index contributed by atoms with van der Waals surface area (Å²) in [5.41, 5.74) is 0. The van der Waals surface area contributed by atoms with Gasteiger partial charge in [0.15, 0.2) is 0 Å². The molecule has 0 aromatic rings. The molecule has 134 valence electrons. The monoisotopic (exact) mass is 314 g/mol. The lowest BCUT2D eigenvalue weighted by atomic mass is 9.99. The van der Waals surface area contributed by atoms with E-state index < -0.39 is 12.2 Å². The van der Waals surface area contributed by atoms with E-state index in [1.807, 2.05) is 0 Å². The molecule has 0 saturated heterocycles. The number of hydrogen-bond acceptors (Lipinski definition) is 2. The van der Waals surface area contributed by atoms with Gasteiger partial charge in [0.2, 0.25) is 0 Å². The first-order valence-corrected chi connectivity index (χ1v) is 10.1. The van der Waals surface area contributed by atoms with Crippen LogP contribution in [0.2, 0.25) is 0 Å². The fourth-order valence-electron chi connectivity index (χ4n) is 3.01. The van der Waals surface area contributed by atoms with E-state index in [2.05, 4.69) is 13.8 Å². The largest absolute Gasteiger partial charge is 0.390 e. The molecular formula is C20H42O2. The van der Waals surface area contributed by atoms with E-state index in [9.17, 15) is 10.2 Å². The van der Waals surface area contributed by atoms with Crippen molar-refractivity contribution in [2.45, 2.75) is 129 Å². The van der Waals surface area contributed by atoms with Gasteiger partial charge >= 0.3 is 0 Å². The van der Waals surface area contributed by atoms with Crippen molar-refractivity contribution in [1.82, 2.24) is 0 Å². The first kappa shape index (κ1) is 21.9. The summed E-state index contributed by atoms with van der Waals surface area (Å²) in [5, 5.41) is 20.0. The molecule has 0 aliphatic heterocycles. The highest BCUT2D eigenvalue weighted by Gasteiger charge is 2.14. The van der Waals surface area contributed by atoms with Crippen LogP contribution in [0.25, 0.3) is 0 Å². The van der Waals surface area contributed by atoms with Gasteiger partial charge in [-0.3, -0.25) is 0 Å². The van der Waals surface area contributed by atoms with Crippen LogP contribution in [0.5, 0.6) is 0 Å². The third-order valence-electron chi connectivity index (χ3n) is 4.65. The molecule has 0 rings (SSSR count). The smallest absolute Gasteiger partial charge is 0.0799 e. The van der Waals surface area contributed by atoms with Gasteiger partial charge in [-0.2, -0.15) is 0 Å². The van der Waals surface area contributed by atoms with Crippen LogP contribution < -0.4 is 0 Å². The molecule has 0 saturated carbocycles. The summed E-state index contributed by atoms with van der Waals surface area (Å²) >= 11 is 0. The van der Waals surface area contributed by atoms with Crippen LogP contribution in [0.4, 0.5) is 0 Å². The molecule has 2 heteroatoms. The van der Waals surface area contributed by atoms with Crippen LogP contribution >= 0.6 is 0 Å². The standard InChI is InChI=1S/C20H42O2/c1-3-5-7-9-11-13-15-17-19(21)20(22)18-16-14-12-10-8-6-4-2/h19-22H,3-18H2,1-2H3. The summed E-state index contributed by atoms with van der Waals surface area (Å²) < 4.78 is 0. The second kappa shape index (κ2) is 17.3. The van der Waals surface area contributed by atoms with Gasteiger partial charge in [-0.05, 0) is 12.8 Å². The first-order valence-electron chi connectivity index (χ1n) is 10.1. The van der Waals surface area contributed by atoms with Crippen LogP contribution in [0, 0.1) is 0 Å². The zero-order valence-corrected chi connectivity index (χ0v) is 15.4. The fourth-order valence-corrected chi connectivity index (χ4v) is 3.01. The summed E-state index contributed by atoms with van der Waals surface area (Å²) in [6.45, 7) is 4.48. The average molecular weight is 315 g/mol. The van der Waals surface area contributed by atoms with E-state index in [1.165, 1.54) is 77.0 Å². The van der Waals surface area contributed by atoms with Crippen LogP contribution in [-0.2, 0) is 0 Å². The van der Waals surface area contributed by atoms with Crippen molar-refractivity contribution in [2.24, 2.45) is 0 Å². The molecule has 0 amide bonds. The van der Waals surface area contributed by atoms with Crippen molar-refractivity contribution in [3.8, 4) is 0 Å². The predicted molar refractivity (Wildman–Crippen MR) is 97.2 cm³/mol. The summed E-state index contributed by atoms with van der Waals surface area (Å²) in [4.78, 5) is 0. The van der Waals surface area contributed by atoms with Crippen molar-refractivity contribution in [3.05, 3.63) is 0 Å². The highest BCUT2D eigenvalue weighted by Crippen LogP contribution is 2.15. The van der Waals surface area contributed by atoms with Gasteiger partial charge in [0, 0.05) is 0 Å². The minimum Gasteiger partial charge on any atom is -0.390 e. The van der Waals surface area contributed by atoms with Gasteiger partial charge < -0.3 is 10.2 Å². The maximum Gasteiger partial charge on any atom is 0.0799 e. The zero-order chi connectivity index (χ0) is 16.5. The van der Waals surface area contributed by atoms with Gasteiger partial charge in [0.05, 0.1) is 12.2 Å². The molecule has 0 bridgehead atoms. The number of aliphatic hydroxyl groups excluding tert-OH is 2. The molecule has 0 heterocycles. The Morgan fingerprint density at radius 1 is 0.455 bits per heavy atom. The maximum atomic E-state index is 9.98. The molecule has 22 heavy (non-hydrogen) atoms. The second-order valence-electron chi connectivity index (χ2n) is 6.95. The Labute approximate surface area is 139 Å². The van der Waals surface area contributed by atoms with Gasteiger partial charge in [-0.1, -0.05) is 104 Å². The van der Waals surface area contributed by atoms with Crippen LogP contribution in [0.15, 0.2) is 0 Å². The second-order valence-corrected chi connectivity index (χ2v) is 6.95. The normalized spacial score (nSPS) is 14.2. The number of rotatable bonds is 17. The zero-order valence-electron chi connectivity index (χ0n) is 15.4. The highest BCUT2D eigenvalue weighted by molar-refractivity contribution is 4.67. The van der Waals surface area contributed by atoms with Gasteiger partial charge in [-0.25, -0.2) is 0 Å². The quantitative estimate of drug-likeness (QED) is 0.324. The Balaban J connectivity index is 3.33. The van der Waals surface area contributed by atoms with E-state index in [0.29, 0.717) is 0 Å². The lowest BCUT2D eigenvalue weighted by Gasteiger charge is -2.17. The third kappa shape index (κ3) is 14.8. The third-order valence-corrected chi connectivity index (χ3v) is 4.65. The van der Waals surface area contributed by atoms with Crippen molar-refractivity contribution in [2.75, 3.05) is 0 Å². The summed E-state index contributed by atoms with van der Waals surface area (Å²) in [5.74, 6) is 0. The molecule has 0 radical (unpaired) electrons. The van der Waals surface area contributed by atoms with Crippen molar-refractivity contribution in [3.63, 3.8) is 0 Å². The Kier molecular flexibility index (Phi) is 17.2. The summed E-state index contributed by atoms with van der Waals surface area (Å²) in [6.07, 6.45) is 18.2. The number of hydrogen-bond donors (Lipinski definition) is 2. The van der Waals surface area contributed by atoms with E-state index in [0.717, 1.165) is 25.7 Å². The molecule has 0 aliphatic rings. The van der Waals surface area contributed by atoms with Crippen molar-refractivity contribution >= 4 is 0 Å². The van der Waals surface area contributed by atoms with E-state index >= 15 is 0 Å². The Morgan fingerprint density at radius 2 is 0.727 bits per heavy atom. The molecule has 0 fully saturated rings. The Morgan fingerprint density at radius 3 is 1.05 bits per heavy atom. The van der Waals surface area contributed by atoms with Crippen molar-refractivity contribution < 1.29 is 10.2 Å². The van der Waals surface area contributed by atoms with Gasteiger partial charge in [-0.15, -0.1) is 0 Å². The fraction of sp³-hybridized carbons (Fsp3) is 1.00.